The molecule has 0 saturated carbocycles. The molecule has 0 saturated heterocycles. The monoisotopic (exact) mass is 249 g/mol. The maximum atomic E-state index is 10.9. The quantitative estimate of drug-likeness (QED) is 0.360. The van der Waals surface area contributed by atoms with E-state index in [0.717, 1.165) is 13.0 Å². The molecule has 0 aromatic rings. The fourth-order valence-electron chi connectivity index (χ4n) is 1.09. The molecule has 0 heterocycles. The summed E-state index contributed by atoms with van der Waals surface area (Å²) in [5.74, 6) is -0.329. The average Bonchev–Trinajstić information content (AvgIpc) is 2.32. The van der Waals surface area contributed by atoms with E-state index in [9.17, 15) is 4.79 Å². The van der Waals surface area contributed by atoms with Crippen LogP contribution in [0.3, 0.4) is 0 Å². The van der Waals surface area contributed by atoms with Gasteiger partial charge in [0.15, 0.2) is 0 Å². The van der Waals surface area contributed by atoms with Crippen LogP contribution in [0.15, 0.2) is 0 Å². The molecule has 0 bridgehead atoms. The number of hydrogen-bond donors (Lipinski definition) is 2. The van der Waals surface area contributed by atoms with Crippen LogP contribution in [0.1, 0.15) is 13.3 Å². The van der Waals surface area contributed by atoms with Gasteiger partial charge in [0.2, 0.25) is 0 Å². The molecule has 0 radical (unpaired) electrons. The number of hydrogen-bond acceptors (Lipinski definition) is 6. The molecule has 0 unspecified atom stereocenters. The second kappa shape index (κ2) is 13.4. The van der Waals surface area contributed by atoms with Crippen molar-refractivity contribution in [3.8, 4) is 0 Å². The first-order chi connectivity index (χ1) is 8.31. The highest BCUT2D eigenvalue weighted by Crippen LogP contribution is 1.82. The minimum Gasteiger partial charge on any atom is -0.464 e. The summed E-state index contributed by atoms with van der Waals surface area (Å²) in [6.45, 7) is 5.25. The van der Waals surface area contributed by atoms with E-state index in [1.807, 2.05) is 0 Å². The summed E-state index contributed by atoms with van der Waals surface area (Å²) in [5, 5.41) is 11.6. The second-order valence-electron chi connectivity index (χ2n) is 3.30. The van der Waals surface area contributed by atoms with Crippen LogP contribution in [0.5, 0.6) is 0 Å². The molecule has 0 aliphatic heterocycles. The minimum absolute atomic E-state index is 0.00906. The largest absolute Gasteiger partial charge is 0.464 e. The van der Waals surface area contributed by atoms with Crippen molar-refractivity contribution in [3.05, 3.63) is 0 Å². The molecule has 6 heteroatoms. The number of aliphatic hydroxyl groups excluding tert-OH is 1. The van der Waals surface area contributed by atoms with Crippen molar-refractivity contribution in [1.29, 1.82) is 0 Å². The van der Waals surface area contributed by atoms with Gasteiger partial charge in [-0.3, -0.25) is 0 Å². The zero-order valence-electron chi connectivity index (χ0n) is 10.4. The van der Waals surface area contributed by atoms with Gasteiger partial charge in [0.1, 0.15) is 6.61 Å². The van der Waals surface area contributed by atoms with Gasteiger partial charge in [0.25, 0.3) is 0 Å². The van der Waals surface area contributed by atoms with Crippen LogP contribution >= 0.6 is 0 Å². The Morgan fingerprint density at radius 1 is 1.18 bits per heavy atom. The Hall–Kier alpha value is -0.690. The molecule has 17 heavy (non-hydrogen) atoms. The molecule has 0 rings (SSSR count). The maximum Gasteiger partial charge on any atom is 0.332 e. The topological polar surface area (TPSA) is 77.0 Å². The molecule has 0 aliphatic carbocycles. The summed E-state index contributed by atoms with van der Waals surface area (Å²) < 4.78 is 14.9. The number of ether oxygens (including phenoxy) is 3. The molecule has 0 spiro atoms. The Morgan fingerprint density at radius 3 is 2.71 bits per heavy atom. The van der Waals surface area contributed by atoms with Gasteiger partial charge in [-0.1, -0.05) is 0 Å². The van der Waals surface area contributed by atoms with E-state index in [4.69, 9.17) is 19.3 Å². The second-order valence-corrected chi connectivity index (χ2v) is 3.30. The van der Waals surface area contributed by atoms with Gasteiger partial charge in [-0.05, 0) is 19.9 Å². The van der Waals surface area contributed by atoms with Crippen molar-refractivity contribution >= 4 is 5.97 Å². The molecule has 0 atom stereocenters. The fourth-order valence-corrected chi connectivity index (χ4v) is 1.09. The summed E-state index contributed by atoms with van der Waals surface area (Å²) in [6, 6.07) is 0. The summed E-state index contributed by atoms with van der Waals surface area (Å²) in [5.41, 5.74) is 0. The van der Waals surface area contributed by atoms with E-state index >= 15 is 0 Å². The van der Waals surface area contributed by atoms with Gasteiger partial charge >= 0.3 is 5.97 Å². The zero-order valence-corrected chi connectivity index (χ0v) is 10.4. The van der Waals surface area contributed by atoms with E-state index in [0.29, 0.717) is 33.0 Å². The first-order valence-electron chi connectivity index (χ1n) is 5.94. The molecule has 0 aromatic heterocycles. The first-order valence-corrected chi connectivity index (χ1v) is 5.94. The van der Waals surface area contributed by atoms with Gasteiger partial charge < -0.3 is 24.6 Å². The lowest BCUT2D eigenvalue weighted by Gasteiger charge is -2.06. The molecule has 0 fully saturated rings. The van der Waals surface area contributed by atoms with Crippen LogP contribution in [-0.2, 0) is 19.0 Å². The van der Waals surface area contributed by atoms with Crippen LogP contribution in [0.25, 0.3) is 0 Å². The summed E-state index contributed by atoms with van der Waals surface area (Å²) in [6.07, 6.45) is 0.887. The lowest BCUT2D eigenvalue weighted by atomic mass is 10.4. The lowest BCUT2D eigenvalue weighted by molar-refractivity contribution is -0.148. The third-order valence-corrected chi connectivity index (χ3v) is 1.83. The molecule has 6 nitrogen and oxygen atoms in total. The van der Waals surface area contributed by atoms with Crippen LogP contribution in [0, 0.1) is 0 Å². The predicted octanol–water partition coefficient (Wildman–Crippen LogP) is -0.445. The third kappa shape index (κ3) is 13.2. The predicted molar refractivity (Wildman–Crippen MR) is 62.8 cm³/mol. The molecule has 0 aromatic carbocycles. The number of rotatable bonds is 12. The normalized spacial score (nSPS) is 10.5. The standard InChI is InChI=1S/C11H23NO5/c1-2-17-11(14)10-16-8-5-12-4-3-7-15-9-6-13/h12-13H,2-10H2,1H3. The molecule has 0 amide bonds. The summed E-state index contributed by atoms with van der Waals surface area (Å²) in [7, 11) is 0. The Bertz CT molecular complexity index is 177. The van der Waals surface area contributed by atoms with Crippen molar-refractivity contribution in [3.63, 3.8) is 0 Å². The fraction of sp³-hybridized carbons (Fsp3) is 0.909. The van der Waals surface area contributed by atoms with E-state index < -0.39 is 0 Å². The van der Waals surface area contributed by atoms with Crippen molar-refractivity contribution in [2.24, 2.45) is 0 Å². The Kier molecular flexibility index (Phi) is 12.8. The zero-order chi connectivity index (χ0) is 12.8. The third-order valence-electron chi connectivity index (χ3n) is 1.83. The Morgan fingerprint density at radius 2 is 2.00 bits per heavy atom. The maximum absolute atomic E-state index is 10.9. The molecule has 0 aliphatic rings. The number of nitrogens with one attached hydrogen (secondary N) is 1. The van der Waals surface area contributed by atoms with E-state index in [1.165, 1.54) is 0 Å². The average molecular weight is 249 g/mol. The van der Waals surface area contributed by atoms with Crippen molar-refractivity contribution in [2.75, 3.05) is 52.7 Å². The van der Waals surface area contributed by atoms with Crippen molar-refractivity contribution in [1.82, 2.24) is 5.32 Å². The van der Waals surface area contributed by atoms with Crippen LogP contribution < -0.4 is 5.32 Å². The number of aliphatic hydroxyl groups is 1. The highest BCUT2D eigenvalue weighted by Gasteiger charge is 1.99. The number of carbonyl (C=O) groups is 1. The molecule has 102 valence electrons. The molecular formula is C11H23NO5. The van der Waals surface area contributed by atoms with E-state index in [1.54, 1.807) is 6.92 Å². The van der Waals surface area contributed by atoms with Crippen molar-refractivity contribution in [2.45, 2.75) is 13.3 Å². The Balaban J connectivity index is 3.01. The Labute approximate surface area is 102 Å². The first kappa shape index (κ1) is 16.3. The van der Waals surface area contributed by atoms with Crippen molar-refractivity contribution < 1.29 is 24.1 Å². The number of esters is 1. The van der Waals surface area contributed by atoms with Gasteiger partial charge in [-0.15, -0.1) is 0 Å². The van der Waals surface area contributed by atoms with Gasteiger partial charge in [-0.2, -0.15) is 0 Å². The number of carbonyl (C=O) groups excluding carboxylic acids is 1. The molecule has 2 N–H and O–H groups in total. The highest BCUT2D eigenvalue weighted by molar-refractivity contribution is 5.70. The highest BCUT2D eigenvalue weighted by atomic mass is 16.6. The van der Waals surface area contributed by atoms with Gasteiger partial charge in [-0.25, -0.2) is 4.79 Å². The van der Waals surface area contributed by atoms with E-state index in [-0.39, 0.29) is 19.2 Å². The van der Waals surface area contributed by atoms with Gasteiger partial charge in [0.05, 0.1) is 26.4 Å². The van der Waals surface area contributed by atoms with Crippen LogP contribution in [-0.4, -0.2) is 63.8 Å². The molecular weight excluding hydrogens is 226 g/mol. The summed E-state index contributed by atoms with van der Waals surface area (Å²) in [4.78, 5) is 10.9. The summed E-state index contributed by atoms with van der Waals surface area (Å²) >= 11 is 0. The van der Waals surface area contributed by atoms with E-state index in [2.05, 4.69) is 5.32 Å². The van der Waals surface area contributed by atoms with Gasteiger partial charge in [0, 0.05) is 13.2 Å². The minimum atomic E-state index is -0.329. The van der Waals surface area contributed by atoms with Crippen LogP contribution in [0.2, 0.25) is 0 Å². The van der Waals surface area contributed by atoms with Crippen LogP contribution in [0.4, 0.5) is 0 Å². The lowest BCUT2D eigenvalue weighted by Crippen LogP contribution is -2.23. The smallest absolute Gasteiger partial charge is 0.332 e. The SMILES string of the molecule is CCOC(=O)COCCNCCCOCCO.